The van der Waals surface area contributed by atoms with Gasteiger partial charge in [0.25, 0.3) is 0 Å². The summed E-state index contributed by atoms with van der Waals surface area (Å²) in [5.74, 6) is -0.122. The van der Waals surface area contributed by atoms with E-state index in [1.165, 1.54) is 0 Å². The number of hydrogen-bond acceptors (Lipinski definition) is 3. The number of nitrogens with one attached hydrogen (secondary N) is 1. The van der Waals surface area contributed by atoms with Gasteiger partial charge < -0.3 is 4.74 Å². The maximum absolute atomic E-state index is 12.5. The molecule has 0 amide bonds. The van der Waals surface area contributed by atoms with E-state index in [1.807, 2.05) is 19.9 Å². The minimum absolute atomic E-state index is 0.118. The van der Waals surface area contributed by atoms with Crippen LogP contribution in [0.3, 0.4) is 0 Å². The van der Waals surface area contributed by atoms with Crippen molar-refractivity contribution < 1.29 is 13.2 Å². The number of ether oxygens (including phenoxy) is 1. The van der Waals surface area contributed by atoms with E-state index in [9.17, 15) is 8.42 Å². The van der Waals surface area contributed by atoms with Crippen molar-refractivity contribution >= 4 is 33.2 Å². The third-order valence-corrected chi connectivity index (χ3v) is 6.50. The van der Waals surface area contributed by atoms with E-state index in [1.54, 1.807) is 12.1 Å². The highest BCUT2D eigenvalue weighted by molar-refractivity contribution is 7.90. The zero-order valence-corrected chi connectivity index (χ0v) is 15.0. The molecule has 1 saturated heterocycles. The minimum atomic E-state index is -3.37. The summed E-state index contributed by atoms with van der Waals surface area (Å²) in [6, 6.07) is 5.17. The van der Waals surface area contributed by atoms with Crippen LogP contribution in [0, 0.1) is 5.92 Å². The molecule has 0 radical (unpaired) electrons. The predicted octanol–water partition coefficient (Wildman–Crippen LogP) is 3.27. The Balaban J connectivity index is 2.19. The summed E-state index contributed by atoms with van der Waals surface area (Å²) >= 11 is 12.1. The lowest BCUT2D eigenvalue weighted by atomic mass is 9.93. The third-order valence-electron chi connectivity index (χ3n) is 3.70. The quantitative estimate of drug-likeness (QED) is 0.870. The second-order valence-corrected chi connectivity index (χ2v) is 8.69. The Morgan fingerprint density at radius 3 is 2.73 bits per heavy atom. The molecule has 1 fully saturated rings. The number of halogens is 2. The fraction of sp³-hybridized carbons (Fsp3) is 0.600. The van der Waals surface area contributed by atoms with Crippen molar-refractivity contribution in [2.24, 2.45) is 5.92 Å². The van der Waals surface area contributed by atoms with Crippen molar-refractivity contribution in [2.75, 3.05) is 13.2 Å². The van der Waals surface area contributed by atoms with Crippen molar-refractivity contribution in [3.63, 3.8) is 0 Å². The van der Waals surface area contributed by atoms with Crippen LogP contribution in [0.1, 0.15) is 25.8 Å². The summed E-state index contributed by atoms with van der Waals surface area (Å²) in [6.45, 7) is 4.53. The first-order chi connectivity index (χ1) is 10.3. The van der Waals surface area contributed by atoms with E-state index in [4.69, 9.17) is 27.9 Å². The Bertz CT molecular complexity index is 619. The first-order valence-electron chi connectivity index (χ1n) is 7.32. The van der Waals surface area contributed by atoms with Gasteiger partial charge in [0, 0.05) is 28.6 Å². The van der Waals surface area contributed by atoms with Gasteiger partial charge in [-0.15, -0.1) is 0 Å². The molecule has 0 aliphatic carbocycles. The molecular weight excluding hydrogens is 345 g/mol. The highest BCUT2D eigenvalue weighted by atomic mass is 35.5. The van der Waals surface area contributed by atoms with Gasteiger partial charge >= 0.3 is 0 Å². The van der Waals surface area contributed by atoms with Crippen LogP contribution in [-0.4, -0.2) is 32.9 Å². The van der Waals surface area contributed by atoms with Crippen molar-refractivity contribution in [3.8, 4) is 0 Å². The van der Waals surface area contributed by atoms with Crippen LogP contribution in [0.15, 0.2) is 18.2 Å². The molecule has 0 bridgehead atoms. The summed E-state index contributed by atoms with van der Waals surface area (Å²) in [7, 11) is -3.37. The summed E-state index contributed by atoms with van der Waals surface area (Å²) in [6.07, 6.45) is 1.05. The molecule has 2 rings (SSSR count). The van der Waals surface area contributed by atoms with Gasteiger partial charge in [0.15, 0.2) is 0 Å². The van der Waals surface area contributed by atoms with Gasteiger partial charge in [0.05, 0.1) is 11.9 Å². The molecule has 22 heavy (non-hydrogen) atoms. The van der Waals surface area contributed by atoms with Crippen LogP contribution >= 0.6 is 23.2 Å². The van der Waals surface area contributed by atoms with E-state index in [0.717, 1.165) is 5.56 Å². The Hall–Kier alpha value is -0.330. The molecule has 0 aromatic heterocycles. The molecule has 1 aliphatic heterocycles. The Kier molecular flexibility index (Phi) is 6.14. The van der Waals surface area contributed by atoms with Crippen LogP contribution < -0.4 is 4.72 Å². The summed E-state index contributed by atoms with van der Waals surface area (Å²) in [5, 5.41) is 0.667. The molecule has 1 aliphatic rings. The van der Waals surface area contributed by atoms with E-state index in [2.05, 4.69) is 4.72 Å². The lowest BCUT2D eigenvalue weighted by Gasteiger charge is -2.32. The average Bonchev–Trinajstić information content (AvgIpc) is 2.41. The average molecular weight is 366 g/mol. The smallest absolute Gasteiger partial charge is 0.215 e. The van der Waals surface area contributed by atoms with Crippen LogP contribution in [0.5, 0.6) is 0 Å². The number of hydrogen-bond donors (Lipinski definition) is 1. The monoisotopic (exact) mass is 365 g/mol. The molecule has 0 unspecified atom stereocenters. The number of sulfonamides is 1. The molecule has 124 valence electrons. The van der Waals surface area contributed by atoms with E-state index in [-0.39, 0.29) is 12.0 Å². The summed E-state index contributed by atoms with van der Waals surface area (Å²) in [4.78, 5) is 0. The van der Waals surface area contributed by atoms with Crippen LogP contribution in [-0.2, 0) is 21.2 Å². The predicted molar refractivity (Wildman–Crippen MR) is 90.1 cm³/mol. The van der Waals surface area contributed by atoms with Gasteiger partial charge in [-0.3, -0.25) is 0 Å². The van der Waals surface area contributed by atoms with Crippen molar-refractivity contribution in [1.29, 1.82) is 0 Å². The van der Waals surface area contributed by atoms with Gasteiger partial charge in [-0.1, -0.05) is 29.3 Å². The van der Waals surface area contributed by atoms with Gasteiger partial charge in [-0.05, 0) is 44.4 Å². The Labute approximate surface area is 142 Å². The number of rotatable bonds is 5. The second-order valence-electron chi connectivity index (χ2n) is 5.92. The molecule has 4 nitrogen and oxygen atoms in total. The second kappa shape index (κ2) is 7.49. The molecule has 1 aromatic carbocycles. The summed E-state index contributed by atoms with van der Waals surface area (Å²) in [5.41, 5.74) is 0.895. The standard InChI is InChI=1S/C15H21Cl2NO3S/c1-10(2)18-22(19,20)15-5-6-21-9-12(15)7-11-3-4-13(16)8-14(11)17/h3-4,8,10,12,15,18H,5-7,9H2,1-2H3/t12-,15+/m0/s1. The van der Waals surface area contributed by atoms with Gasteiger partial charge in [-0.2, -0.15) is 0 Å². The number of benzene rings is 1. The lowest BCUT2D eigenvalue weighted by molar-refractivity contribution is 0.0569. The van der Waals surface area contributed by atoms with E-state index in [0.29, 0.717) is 36.1 Å². The Morgan fingerprint density at radius 1 is 1.36 bits per heavy atom. The van der Waals surface area contributed by atoms with Crippen molar-refractivity contribution in [2.45, 2.75) is 38.0 Å². The molecular formula is C15H21Cl2NO3S. The lowest BCUT2D eigenvalue weighted by Crippen LogP contribution is -2.46. The zero-order chi connectivity index (χ0) is 16.3. The van der Waals surface area contributed by atoms with Crippen molar-refractivity contribution in [1.82, 2.24) is 4.72 Å². The molecule has 2 atom stereocenters. The minimum Gasteiger partial charge on any atom is -0.381 e. The highest BCUT2D eigenvalue weighted by Gasteiger charge is 2.36. The zero-order valence-electron chi connectivity index (χ0n) is 12.7. The van der Waals surface area contributed by atoms with Crippen LogP contribution in [0.4, 0.5) is 0 Å². The van der Waals surface area contributed by atoms with Gasteiger partial charge in [0.1, 0.15) is 0 Å². The molecule has 1 heterocycles. The fourth-order valence-electron chi connectivity index (χ4n) is 2.76. The van der Waals surface area contributed by atoms with Crippen LogP contribution in [0.2, 0.25) is 10.0 Å². The SMILES string of the molecule is CC(C)NS(=O)(=O)[C@@H]1CCOC[C@@H]1Cc1ccc(Cl)cc1Cl. The summed E-state index contributed by atoms with van der Waals surface area (Å²) < 4.78 is 33.2. The molecule has 1 N–H and O–H groups in total. The molecule has 1 aromatic rings. The van der Waals surface area contributed by atoms with Crippen LogP contribution in [0.25, 0.3) is 0 Å². The third kappa shape index (κ3) is 4.59. The first kappa shape index (κ1) is 18.0. The van der Waals surface area contributed by atoms with Gasteiger partial charge in [0.2, 0.25) is 10.0 Å². The highest BCUT2D eigenvalue weighted by Crippen LogP contribution is 2.29. The molecule has 7 heteroatoms. The van der Waals surface area contributed by atoms with E-state index < -0.39 is 15.3 Å². The van der Waals surface area contributed by atoms with Gasteiger partial charge in [-0.25, -0.2) is 13.1 Å². The topological polar surface area (TPSA) is 55.4 Å². The maximum Gasteiger partial charge on any atom is 0.215 e. The van der Waals surface area contributed by atoms with E-state index >= 15 is 0 Å². The maximum atomic E-state index is 12.5. The molecule has 0 saturated carbocycles. The van der Waals surface area contributed by atoms with Crippen molar-refractivity contribution in [3.05, 3.63) is 33.8 Å². The fourth-order valence-corrected chi connectivity index (χ4v) is 5.17. The molecule has 0 spiro atoms. The first-order valence-corrected chi connectivity index (χ1v) is 9.62. The Morgan fingerprint density at radius 2 is 2.09 bits per heavy atom. The normalized spacial score (nSPS) is 23.0. The largest absolute Gasteiger partial charge is 0.381 e.